The van der Waals surface area contributed by atoms with Gasteiger partial charge in [0.15, 0.2) is 5.78 Å². The van der Waals surface area contributed by atoms with Crippen LogP contribution in [-0.4, -0.2) is 71.5 Å². The van der Waals surface area contributed by atoms with Crippen LogP contribution < -0.4 is 10.0 Å². The van der Waals surface area contributed by atoms with E-state index in [1.54, 1.807) is 0 Å². The second-order valence-corrected chi connectivity index (χ2v) is 9.37. The van der Waals surface area contributed by atoms with Crippen molar-refractivity contribution in [3.05, 3.63) is 12.7 Å². The van der Waals surface area contributed by atoms with Gasteiger partial charge >= 0.3 is 0 Å². The van der Waals surface area contributed by atoms with Crippen LogP contribution in [0.15, 0.2) is 12.7 Å². The largest absolute Gasteiger partial charge is 0.379 e. The van der Waals surface area contributed by atoms with E-state index in [1.807, 2.05) is 0 Å². The van der Waals surface area contributed by atoms with Crippen LogP contribution >= 0.6 is 0 Å². The Morgan fingerprint density at radius 2 is 1.78 bits per heavy atom. The highest BCUT2D eigenvalue weighted by molar-refractivity contribution is 8.03. The molecule has 0 aromatic carbocycles. The highest BCUT2D eigenvalue weighted by Gasteiger charge is 2.31. The van der Waals surface area contributed by atoms with Crippen molar-refractivity contribution in [2.45, 2.75) is 19.1 Å². The molecule has 0 bridgehead atoms. The second-order valence-electron chi connectivity index (χ2n) is 4.83. The van der Waals surface area contributed by atoms with Gasteiger partial charge in [0.1, 0.15) is 0 Å². The normalized spacial score (nSPS) is 12.7. The van der Waals surface area contributed by atoms with Crippen molar-refractivity contribution in [3.8, 4) is 0 Å². The summed E-state index contributed by atoms with van der Waals surface area (Å²) in [4.78, 5) is 10.9. The number of carbonyl (C=O) groups excluding carboxylic acids is 1. The SMILES string of the molecule is C=CC(=O)CNCCOCCNS(=O)(=O)N(C)S(=O)(=O)C(C)C. The lowest BCUT2D eigenvalue weighted by atomic mass is 10.4. The Hall–Kier alpha value is -0.850. The van der Waals surface area contributed by atoms with Gasteiger partial charge in [0.2, 0.25) is 10.0 Å². The molecule has 0 radical (unpaired) electrons. The molecule has 0 spiro atoms. The first kappa shape index (κ1) is 22.1. The number of ketones is 1. The van der Waals surface area contributed by atoms with Crippen molar-refractivity contribution in [2.24, 2.45) is 0 Å². The van der Waals surface area contributed by atoms with Crippen LogP contribution in [0.5, 0.6) is 0 Å². The number of hydrogen-bond donors (Lipinski definition) is 2. The van der Waals surface area contributed by atoms with E-state index in [4.69, 9.17) is 4.74 Å². The lowest BCUT2D eigenvalue weighted by Gasteiger charge is -2.19. The highest BCUT2D eigenvalue weighted by atomic mass is 32.3. The van der Waals surface area contributed by atoms with Crippen molar-refractivity contribution < 1.29 is 26.4 Å². The van der Waals surface area contributed by atoms with Gasteiger partial charge in [0.05, 0.1) is 25.0 Å². The van der Waals surface area contributed by atoms with Crippen LogP contribution in [0.2, 0.25) is 0 Å². The number of hydrogen-bond acceptors (Lipinski definition) is 7. The molecule has 0 aromatic heterocycles. The van der Waals surface area contributed by atoms with Gasteiger partial charge < -0.3 is 10.1 Å². The monoisotopic (exact) mass is 371 g/mol. The third kappa shape index (κ3) is 7.99. The Kier molecular flexibility index (Phi) is 9.73. The molecule has 23 heavy (non-hydrogen) atoms. The molecule has 0 amide bonds. The van der Waals surface area contributed by atoms with E-state index in [0.29, 0.717) is 10.3 Å². The Morgan fingerprint density at radius 3 is 2.30 bits per heavy atom. The number of rotatable bonds is 13. The van der Waals surface area contributed by atoms with Gasteiger partial charge in [-0.05, 0) is 19.9 Å². The number of nitrogens with one attached hydrogen (secondary N) is 2. The van der Waals surface area contributed by atoms with Crippen molar-refractivity contribution in [2.75, 3.05) is 39.9 Å². The van der Waals surface area contributed by atoms with Crippen LogP contribution in [0.3, 0.4) is 0 Å². The fourth-order valence-electron chi connectivity index (χ4n) is 1.30. The third-order valence-corrected chi connectivity index (χ3v) is 7.14. The fourth-order valence-corrected chi connectivity index (χ4v) is 4.18. The quantitative estimate of drug-likeness (QED) is 0.310. The zero-order valence-corrected chi connectivity index (χ0v) is 15.2. The van der Waals surface area contributed by atoms with E-state index in [2.05, 4.69) is 16.6 Å². The predicted octanol–water partition coefficient (Wildman–Crippen LogP) is -1.15. The first-order valence-corrected chi connectivity index (χ1v) is 9.91. The van der Waals surface area contributed by atoms with E-state index in [1.165, 1.54) is 19.9 Å². The molecule has 136 valence electrons. The van der Waals surface area contributed by atoms with Gasteiger partial charge in [-0.1, -0.05) is 10.3 Å². The van der Waals surface area contributed by atoms with Gasteiger partial charge in [-0.25, -0.2) is 8.42 Å². The zero-order chi connectivity index (χ0) is 18.1. The standard InChI is InChI=1S/C12H25N3O6S2/c1-5-12(16)10-13-6-8-21-9-7-14-23(19,20)15(4)22(17,18)11(2)3/h5,11,13-14H,1,6-10H2,2-4H3. The molecule has 2 N–H and O–H groups in total. The van der Waals surface area contributed by atoms with Crippen molar-refractivity contribution in [3.63, 3.8) is 0 Å². The van der Waals surface area contributed by atoms with Crippen molar-refractivity contribution in [1.29, 1.82) is 0 Å². The molecule has 9 nitrogen and oxygen atoms in total. The fraction of sp³-hybridized carbons (Fsp3) is 0.750. The number of sulfonamides is 1. The summed E-state index contributed by atoms with van der Waals surface area (Å²) in [5.74, 6) is -0.132. The van der Waals surface area contributed by atoms with E-state index < -0.39 is 25.5 Å². The molecule has 11 heteroatoms. The minimum atomic E-state index is -4.13. The van der Waals surface area contributed by atoms with E-state index in [-0.39, 0.29) is 32.1 Å². The topological polar surface area (TPSA) is 122 Å². The molecule has 0 saturated carbocycles. The van der Waals surface area contributed by atoms with E-state index >= 15 is 0 Å². The van der Waals surface area contributed by atoms with Crippen molar-refractivity contribution >= 4 is 26.0 Å². The number of carbonyl (C=O) groups is 1. The minimum Gasteiger partial charge on any atom is -0.379 e. The summed E-state index contributed by atoms with van der Waals surface area (Å²) >= 11 is 0. The van der Waals surface area contributed by atoms with Gasteiger partial charge in [-0.2, -0.15) is 13.1 Å². The summed E-state index contributed by atoms with van der Waals surface area (Å²) in [7, 11) is -7.05. The molecule has 0 heterocycles. The maximum absolute atomic E-state index is 11.8. The summed E-state index contributed by atoms with van der Waals surface area (Å²) in [6.07, 6.45) is 1.21. The molecule has 0 aliphatic carbocycles. The van der Waals surface area contributed by atoms with E-state index in [9.17, 15) is 21.6 Å². The van der Waals surface area contributed by atoms with Gasteiger partial charge in [-0.15, -0.1) is 0 Å². The first-order valence-electron chi connectivity index (χ1n) is 6.97. The molecule has 0 unspecified atom stereocenters. The average Bonchev–Trinajstić information content (AvgIpc) is 2.48. The van der Waals surface area contributed by atoms with Crippen LogP contribution in [0.4, 0.5) is 0 Å². The number of nitrogens with zero attached hydrogens (tertiary/aromatic N) is 1. The molecule has 0 aliphatic heterocycles. The predicted molar refractivity (Wildman–Crippen MR) is 87.6 cm³/mol. The van der Waals surface area contributed by atoms with Crippen molar-refractivity contribution in [1.82, 2.24) is 13.7 Å². The van der Waals surface area contributed by atoms with Crippen LogP contribution in [-0.2, 0) is 29.8 Å². The number of ether oxygens (including phenoxy) is 1. The molecular weight excluding hydrogens is 346 g/mol. The zero-order valence-electron chi connectivity index (χ0n) is 13.6. The van der Waals surface area contributed by atoms with Crippen LogP contribution in [0.25, 0.3) is 0 Å². The third-order valence-electron chi connectivity index (χ3n) is 2.77. The van der Waals surface area contributed by atoms with Crippen LogP contribution in [0, 0.1) is 0 Å². The Balaban J connectivity index is 4.04. The van der Waals surface area contributed by atoms with E-state index in [0.717, 1.165) is 7.05 Å². The Morgan fingerprint density at radius 1 is 1.22 bits per heavy atom. The Labute approximate surface area is 138 Å². The molecule has 0 fully saturated rings. The average molecular weight is 371 g/mol. The maximum Gasteiger partial charge on any atom is 0.292 e. The summed E-state index contributed by atoms with van der Waals surface area (Å²) in [6.45, 7) is 7.01. The van der Waals surface area contributed by atoms with Gasteiger partial charge in [0.25, 0.3) is 10.2 Å². The first-order chi connectivity index (χ1) is 10.6. The van der Waals surface area contributed by atoms with Gasteiger partial charge in [0, 0.05) is 20.1 Å². The van der Waals surface area contributed by atoms with Gasteiger partial charge in [-0.3, -0.25) is 4.79 Å². The molecule has 0 aliphatic rings. The summed E-state index contributed by atoms with van der Waals surface area (Å²) in [5, 5.41) is 1.98. The smallest absolute Gasteiger partial charge is 0.292 e. The van der Waals surface area contributed by atoms with Crippen LogP contribution in [0.1, 0.15) is 13.8 Å². The Bertz CT molecular complexity index is 586. The minimum absolute atomic E-state index is 0.0636. The summed E-state index contributed by atoms with van der Waals surface area (Å²) in [5.41, 5.74) is 0. The molecule has 0 rings (SSSR count). The molecule has 0 aromatic rings. The molecule has 0 atom stereocenters. The summed E-state index contributed by atoms with van der Waals surface area (Å²) in [6, 6.07) is 0. The molecule has 0 saturated heterocycles. The summed E-state index contributed by atoms with van der Waals surface area (Å²) < 4.78 is 54.9. The second kappa shape index (κ2) is 10.1. The lowest BCUT2D eigenvalue weighted by molar-refractivity contribution is -0.113. The molecular formula is C12H25N3O6S2. The maximum atomic E-state index is 11.8. The lowest BCUT2D eigenvalue weighted by Crippen LogP contribution is -2.45. The highest BCUT2D eigenvalue weighted by Crippen LogP contribution is 2.09.